The van der Waals surface area contributed by atoms with Gasteiger partial charge in [-0.05, 0) is 48.4 Å². The van der Waals surface area contributed by atoms with Gasteiger partial charge < -0.3 is 5.32 Å². The van der Waals surface area contributed by atoms with Gasteiger partial charge in [-0.15, -0.1) is 0 Å². The molecule has 0 fully saturated rings. The fourth-order valence-corrected chi connectivity index (χ4v) is 2.53. The van der Waals surface area contributed by atoms with E-state index < -0.39 is 0 Å². The Hall–Kier alpha value is -2.13. The van der Waals surface area contributed by atoms with Gasteiger partial charge in [0.25, 0.3) is 0 Å². The molecule has 0 unspecified atom stereocenters. The molecule has 0 aliphatic carbocycles. The molecule has 2 aromatic carbocycles. The van der Waals surface area contributed by atoms with Crippen LogP contribution in [0.5, 0.6) is 0 Å². The number of halogens is 2. The molecule has 1 heterocycles. The first-order valence-electron chi connectivity index (χ1n) is 6.67. The number of nitrogens with zero attached hydrogens (tertiary/aromatic N) is 1. The van der Waals surface area contributed by atoms with Gasteiger partial charge in [-0.25, -0.2) is 4.39 Å². The Bertz CT molecular complexity index is 802. The van der Waals surface area contributed by atoms with Crippen LogP contribution in [0, 0.1) is 12.7 Å². The third-order valence-corrected chi connectivity index (χ3v) is 3.80. The first-order valence-corrected chi connectivity index (χ1v) is 7.05. The zero-order chi connectivity index (χ0) is 14.8. The average Bonchev–Trinajstić information content (AvgIpc) is 2.50. The third kappa shape index (κ3) is 2.83. The number of fused-ring (bicyclic) bond motifs is 1. The van der Waals surface area contributed by atoms with Gasteiger partial charge in [0.05, 0.1) is 5.52 Å². The predicted octanol–water partition coefficient (Wildman–Crippen LogP) is 4.95. The summed E-state index contributed by atoms with van der Waals surface area (Å²) in [6.07, 6.45) is 1.75. The van der Waals surface area contributed by atoms with E-state index >= 15 is 0 Å². The van der Waals surface area contributed by atoms with Gasteiger partial charge >= 0.3 is 0 Å². The molecule has 1 aromatic heterocycles. The highest BCUT2D eigenvalue weighted by Crippen LogP contribution is 2.26. The predicted molar refractivity (Wildman–Crippen MR) is 85.2 cm³/mol. The van der Waals surface area contributed by atoms with Crippen LogP contribution in [0.15, 0.2) is 48.7 Å². The van der Waals surface area contributed by atoms with E-state index in [4.69, 9.17) is 11.6 Å². The fourth-order valence-electron chi connectivity index (χ4n) is 2.31. The number of anilines is 1. The van der Waals surface area contributed by atoms with Crippen LogP contribution >= 0.6 is 11.6 Å². The Balaban J connectivity index is 1.92. The van der Waals surface area contributed by atoms with E-state index in [1.54, 1.807) is 12.3 Å². The van der Waals surface area contributed by atoms with E-state index in [1.807, 2.05) is 31.2 Å². The van der Waals surface area contributed by atoms with Crippen molar-refractivity contribution in [2.24, 2.45) is 0 Å². The molecular weight excluding hydrogens is 287 g/mol. The molecule has 0 saturated carbocycles. The SMILES string of the molecule is Cc1ccc(F)cc1NCc1ccc(Cl)c2cccnc12. The normalized spacial score (nSPS) is 10.8. The van der Waals surface area contributed by atoms with Crippen LogP contribution in [0.1, 0.15) is 11.1 Å². The average molecular weight is 301 g/mol. The molecule has 3 aromatic rings. The van der Waals surface area contributed by atoms with Crippen molar-refractivity contribution in [3.05, 3.63) is 70.6 Å². The molecule has 3 rings (SSSR count). The summed E-state index contributed by atoms with van der Waals surface area (Å²) in [6.45, 7) is 2.51. The molecule has 0 atom stereocenters. The maximum Gasteiger partial charge on any atom is 0.125 e. The molecule has 0 aliphatic heterocycles. The summed E-state index contributed by atoms with van der Waals surface area (Å²) in [5.74, 6) is -0.248. The highest BCUT2D eigenvalue weighted by molar-refractivity contribution is 6.35. The molecule has 2 nitrogen and oxygen atoms in total. The molecule has 0 saturated heterocycles. The first-order chi connectivity index (χ1) is 10.1. The fraction of sp³-hybridized carbons (Fsp3) is 0.118. The number of hydrogen-bond acceptors (Lipinski definition) is 2. The number of aromatic nitrogens is 1. The van der Waals surface area contributed by atoms with Gasteiger partial charge in [-0.1, -0.05) is 23.7 Å². The monoisotopic (exact) mass is 300 g/mol. The van der Waals surface area contributed by atoms with Crippen molar-refractivity contribution in [2.75, 3.05) is 5.32 Å². The molecule has 0 spiro atoms. The topological polar surface area (TPSA) is 24.9 Å². The maximum atomic E-state index is 13.3. The molecular formula is C17H14ClFN2. The van der Waals surface area contributed by atoms with Gasteiger partial charge in [0.2, 0.25) is 0 Å². The molecule has 1 N–H and O–H groups in total. The van der Waals surface area contributed by atoms with Crippen LogP contribution in [0.25, 0.3) is 10.9 Å². The minimum Gasteiger partial charge on any atom is -0.381 e. The first kappa shape index (κ1) is 13.8. The Morgan fingerprint density at radius 2 is 2.05 bits per heavy atom. The summed E-state index contributed by atoms with van der Waals surface area (Å²) < 4.78 is 13.3. The number of aryl methyl sites for hydroxylation is 1. The zero-order valence-electron chi connectivity index (χ0n) is 11.5. The van der Waals surface area contributed by atoms with E-state index in [2.05, 4.69) is 10.3 Å². The minimum absolute atomic E-state index is 0.248. The van der Waals surface area contributed by atoms with Crippen LogP contribution in [0.2, 0.25) is 5.02 Å². The largest absolute Gasteiger partial charge is 0.381 e. The van der Waals surface area contributed by atoms with E-state index in [1.165, 1.54) is 12.1 Å². The summed E-state index contributed by atoms with van der Waals surface area (Å²) >= 11 is 6.18. The number of hydrogen-bond donors (Lipinski definition) is 1. The smallest absolute Gasteiger partial charge is 0.125 e. The quantitative estimate of drug-likeness (QED) is 0.740. The molecule has 0 bridgehead atoms. The highest BCUT2D eigenvalue weighted by atomic mass is 35.5. The second-order valence-electron chi connectivity index (χ2n) is 4.92. The maximum absolute atomic E-state index is 13.3. The van der Waals surface area contributed by atoms with E-state index in [9.17, 15) is 4.39 Å². The number of pyridine rings is 1. The van der Waals surface area contributed by atoms with Gasteiger partial charge in [0, 0.05) is 28.8 Å². The van der Waals surface area contributed by atoms with Crippen molar-refractivity contribution < 1.29 is 4.39 Å². The molecule has 0 aliphatic rings. The van der Waals surface area contributed by atoms with Crippen LogP contribution in [0.4, 0.5) is 10.1 Å². The lowest BCUT2D eigenvalue weighted by Crippen LogP contribution is -2.03. The second kappa shape index (κ2) is 5.70. The Kier molecular flexibility index (Phi) is 3.76. The second-order valence-corrected chi connectivity index (χ2v) is 5.33. The number of nitrogens with one attached hydrogen (secondary N) is 1. The lowest BCUT2D eigenvalue weighted by atomic mass is 10.1. The standard InChI is InChI=1S/C17H14ClFN2/c1-11-4-6-13(19)9-16(11)21-10-12-5-7-15(18)14-3-2-8-20-17(12)14/h2-9,21H,10H2,1H3. The Morgan fingerprint density at radius 1 is 1.19 bits per heavy atom. The van der Waals surface area contributed by atoms with Crippen molar-refractivity contribution in [3.63, 3.8) is 0 Å². The third-order valence-electron chi connectivity index (χ3n) is 3.47. The summed E-state index contributed by atoms with van der Waals surface area (Å²) in [5.41, 5.74) is 3.68. The van der Waals surface area contributed by atoms with Gasteiger partial charge in [-0.2, -0.15) is 0 Å². The van der Waals surface area contributed by atoms with Crippen LogP contribution in [-0.4, -0.2) is 4.98 Å². The van der Waals surface area contributed by atoms with Gasteiger partial charge in [0.1, 0.15) is 5.82 Å². The summed E-state index contributed by atoms with van der Waals surface area (Å²) in [5, 5.41) is 4.87. The summed E-state index contributed by atoms with van der Waals surface area (Å²) in [4.78, 5) is 4.40. The van der Waals surface area contributed by atoms with Crippen molar-refractivity contribution >= 4 is 28.2 Å². The lowest BCUT2D eigenvalue weighted by Gasteiger charge is -2.11. The van der Waals surface area contributed by atoms with E-state index in [-0.39, 0.29) is 5.82 Å². The lowest BCUT2D eigenvalue weighted by molar-refractivity contribution is 0.628. The minimum atomic E-state index is -0.248. The van der Waals surface area contributed by atoms with Crippen molar-refractivity contribution in [1.29, 1.82) is 0 Å². The molecule has 0 radical (unpaired) electrons. The van der Waals surface area contributed by atoms with Crippen molar-refractivity contribution in [2.45, 2.75) is 13.5 Å². The van der Waals surface area contributed by atoms with Crippen LogP contribution in [0.3, 0.4) is 0 Å². The van der Waals surface area contributed by atoms with Crippen molar-refractivity contribution in [1.82, 2.24) is 4.98 Å². The zero-order valence-corrected chi connectivity index (χ0v) is 12.3. The Labute approximate surface area is 127 Å². The van der Waals surface area contributed by atoms with E-state index in [0.717, 1.165) is 27.7 Å². The van der Waals surface area contributed by atoms with Crippen LogP contribution in [-0.2, 0) is 6.54 Å². The number of rotatable bonds is 3. The molecule has 4 heteroatoms. The molecule has 21 heavy (non-hydrogen) atoms. The summed E-state index contributed by atoms with van der Waals surface area (Å²) in [7, 11) is 0. The Morgan fingerprint density at radius 3 is 2.90 bits per heavy atom. The highest BCUT2D eigenvalue weighted by Gasteiger charge is 2.06. The summed E-state index contributed by atoms with van der Waals surface area (Å²) in [6, 6.07) is 12.3. The molecule has 0 amide bonds. The van der Waals surface area contributed by atoms with Gasteiger partial charge in [0.15, 0.2) is 0 Å². The van der Waals surface area contributed by atoms with Crippen molar-refractivity contribution in [3.8, 4) is 0 Å². The van der Waals surface area contributed by atoms with Gasteiger partial charge in [-0.3, -0.25) is 4.98 Å². The van der Waals surface area contributed by atoms with E-state index in [0.29, 0.717) is 11.6 Å². The number of benzene rings is 2. The van der Waals surface area contributed by atoms with Crippen LogP contribution < -0.4 is 5.32 Å². The molecule has 106 valence electrons.